The summed E-state index contributed by atoms with van der Waals surface area (Å²) in [6, 6.07) is 0.0662. The van der Waals surface area contributed by atoms with E-state index in [2.05, 4.69) is 4.98 Å². The molecule has 0 aliphatic carbocycles. The van der Waals surface area contributed by atoms with Crippen molar-refractivity contribution in [3.05, 3.63) is 16.6 Å². The van der Waals surface area contributed by atoms with Gasteiger partial charge in [-0.15, -0.1) is 11.3 Å². The highest BCUT2D eigenvalue weighted by atomic mass is 32.1. The molecule has 0 fully saturated rings. The van der Waals surface area contributed by atoms with E-state index in [1.54, 1.807) is 23.0 Å². The van der Waals surface area contributed by atoms with Crippen LogP contribution >= 0.6 is 11.3 Å². The second-order valence-corrected chi connectivity index (χ2v) is 4.31. The molecule has 0 bridgehead atoms. The summed E-state index contributed by atoms with van der Waals surface area (Å²) in [7, 11) is 3.90. The van der Waals surface area contributed by atoms with Gasteiger partial charge in [-0.3, -0.25) is 9.78 Å². The molecule has 1 aromatic rings. The number of rotatable bonds is 5. The van der Waals surface area contributed by atoms with Crippen LogP contribution in [-0.4, -0.2) is 36.6 Å². The molecule has 5 heteroatoms. The minimum atomic E-state index is -0.162. The summed E-state index contributed by atoms with van der Waals surface area (Å²) in [5.74, 6) is -0.162. The van der Waals surface area contributed by atoms with E-state index in [4.69, 9.17) is 4.74 Å². The summed E-state index contributed by atoms with van der Waals surface area (Å²) in [5, 5.41) is 0. The Morgan fingerprint density at radius 1 is 1.67 bits per heavy atom. The van der Waals surface area contributed by atoms with E-state index < -0.39 is 0 Å². The zero-order valence-electron chi connectivity index (χ0n) is 9.27. The summed E-state index contributed by atoms with van der Waals surface area (Å²) >= 11 is 1.56. The first-order valence-electron chi connectivity index (χ1n) is 4.85. The Morgan fingerprint density at radius 2 is 2.40 bits per heavy atom. The van der Waals surface area contributed by atoms with Crippen LogP contribution < -0.4 is 0 Å². The van der Waals surface area contributed by atoms with Crippen molar-refractivity contribution in [2.45, 2.75) is 19.4 Å². The lowest BCUT2D eigenvalue weighted by Crippen LogP contribution is -2.23. The molecule has 0 amide bonds. The molecule has 1 rings (SSSR count). The Morgan fingerprint density at radius 3 is 2.87 bits per heavy atom. The number of nitrogens with zero attached hydrogens (tertiary/aromatic N) is 2. The quantitative estimate of drug-likeness (QED) is 0.719. The van der Waals surface area contributed by atoms with Gasteiger partial charge in [0.05, 0.1) is 24.6 Å². The van der Waals surface area contributed by atoms with E-state index >= 15 is 0 Å². The van der Waals surface area contributed by atoms with Gasteiger partial charge in [-0.05, 0) is 21.0 Å². The van der Waals surface area contributed by atoms with Gasteiger partial charge in [-0.2, -0.15) is 0 Å². The van der Waals surface area contributed by atoms with Crippen LogP contribution in [0.15, 0.2) is 11.7 Å². The topological polar surface area (TPSA) is 42.4 Å². The van der Waals surface area contributed by atoms with Crippen LogP contribution in [0.2, 0.25) is 0 Å². The largest absolute Gasteiger partial charge is 0.466 e. The number of hydrogen-bond donors (Lipinski definition) is 0. The number of carbonyl (C=O) groups is 1. The molecular weight excluding hydrogens is 212 g/mol. The molecule has 1 unspecified atom stereocenters. The monoisotopic (exact) mass is 228 g/mol. The van der Waals surface area contributed by atoms with Gasteiger partial charge >= 0.3 is 5.97 Å². The first-order chi connectivity index (χ1) is 7.15. The molecule has 1 atom stereocenters. The summed E-state index contributed by atoms with van der Waals surface area (Å²) in [5.41, 5.74) is 1.77. The number of hydrogen-bond acceptors (Lipinski definition) is 5. The Bertz CT molecular complexity index is 298. The zero-order valence-corrected chi connectivity index (χ0v) is 10.1. The first kappa shape index (κ1) is 12.1. The Hall–Kier alpha value is -0.940. The van der Waals surface area contributed by atoms with Crippen molar-refractivity contribution in [1.29, 1.82) is 0 Å². The van der Waals surface area contributed by atoms with Crippen molar-refractivity contribution in [3.63, 3.8) is 0 Å². The lowest BCUT2D eigenvalue weighted by Gasteiger charge is -2.21. The van der Waals surface area contributed by atoms with Crippen molar-refractivity contribution < 1.29 is 9.53 Å². The SMILES string of the molecule is CCOC(=O)CC(c1cncs1)N(C)C. The van der Waals surface area contributed by atoms with Crippen molar-refractivity contribution >= 4 is 17.3 Å². The van der Waals surface area contributed by atoms with Crippen molar-refractivity contribution in [2.24, 2.45) is 0 Å². The zero-order chi connectivity index (χ0) is 11.3. The molecule has 1 aromatic heterocycles. The highest BCUT2D eigenvalue weighted by molar-refractivity contribution is 7.09. The number of ether oxygens (including phenoxy) is 1. The Balaban J connectivity index is 2.64. The molecule has 0 saturated heterocycles. The minimum absolute atomic E-state index is 0.0662. The van der Waals surface area contributed by atoms with Gasteiger partial charge in [0.2, 0.25) is 0 Å². The van der Waals surface area contributed by atoms with Crippen LogP contribution in [0.1, 0.15) is 24.3 Å². The van der Waals surface area contributed by atoms with Crippen molar-refractivity contribution in [2.75, 3.05) is 20.7 Å². The van der Waals surface area contributed by atoms with E-state index in [0.29, 0.717) is 13.0 Å². The molecule has 84 valence electrons. The van der Waals surface area contributed by atoms with Gasteiger partial charge in [-0.25, -0.2) is 0 Å². The van der Waals surface area contributed by atoms with E-state index in [-0.39, 0.29) is 12.0 Å². The third kappa shape index (κ3) is 3.60. The average molecular weight is 228 g/mol. The normalized spacial score (nSPS) is 12.8. The smallest absolute Gasteiger partial charge is 0.307 e. The average Bonchev–Trinajstić information content (AvgIpc) is 2.66. The molecular formula is C10H16N2O2S. The first-order valence-corrected chi connectivity index (χ1v) is 5.73. The highest BCUT2D eigenvalue weighted by Crippen LogP contribution is 2.25. The lowest BCUT2D eigenvalue weighted by molar-refractivity contribution is -0.144. The Labute approximate surface area is 93.9 Å². The summed E-state index contributed by atoms with van der Waals surface area (Å²) in [4.78, 5) is 18.5. The van der Waals surface area contributed by atoms with E-state index in [9.17, 15) is 4.79 Å². The molecule has 0 spiro atoms. The summed E-state index contributed by atoms with van der Waals surface area (Å²) < 4.78 is 4.94. The van der Waals surface area contributed by atoms with Gasteiger partial charge in [0.15, 0.2) is 0 Å². The van der Waals surface area contributed by atoms with Crippen LogP contribution in [-0.2, 0) is 9.53 Å². The predicted octanol–water partition coefficient (Wildman–Crippen LogP) is 1.70. The number of esters is 1. The number of carbonyl (C=O) groups excluding carboxylic acids is 1. The summed E-state index contributed by atoms with van der Waals surface area (Å²) in [6.45, 7) is 2.25. The second-order valence-electron chi connectivity index (χ2n) is 3.39. The van der Waals surface area contributed by atoms with E-state index in [1.165, 1.54) is 0 Å². The molecule has 0 aliphatic rings. The van der Waals surface area contributed by atoms with Crippen LogP contribution in [0.4, 0.5) is 0 Å². The lowest BCUT2D eigenvalue weighted by atomic mass is 10.1. The maximum Gasteiger partial charge on any atom is 0.307 e. The van der Waals surface area contributed by atoms with Crippen molar-refractivity contribution in [1.82, 2.24) is 9.88 Å². The number of aromatic nitrogens is 1. The van der Waals surface area contributed by atoms with E-state index in [1.807, 2.05) is 25.9 Å². The van der Waals surface area contributed by atoms with Crippen LogP contribution in [0.3, 0.4) is 0 Å². The fourth-order valence-corrected chi connectivity index (χ4v) is 2.12. The van der Waals surface area contributed by atoms with E-state index in [0.717, 1.165) is 4.88 Å². The third-order valence-corrected chi connectivity index (χ3v) is 2.95. The maximum absolute atomic E-state index is 11.4. The Kier molecular flexibility index (Phi) is 4.71. The van der Waals surface area contributed by atoms with Crippen LogP contribution in [0.5, 0.6) is 0 Å². The van der Waals surface area contributed by atoms with Gasteiger partial charge < -0.3 is 9.64 Å². The molecule has 0 saturated carbocycles. The molecule has 0 N–H and O–H groups in total. The van der Waals surface area contributed by atoms with Gasteiger partial charge in [0.25, 0.3) is 0 Å². The standard InChI is InChI=1S/C10H16N2O2S/c1-4-14-10(13)5-8(12(2)3)9-6-11-7-15-9/h6-8H,4-5H2,1-3H3. The second kappa shape index (κ2) is 5.82. The predicted molar refractivity (Wildman–Crippen MR) is 59.8 cm³/mol. The fourth-order valence-electron chi connectivity index (χ4n) is 1.31. The van der Waals surface area contributed by atoms with Gasteiger partial charge in [0.1, 0.15) is 0 Å². The van der Waals surface area contributed by atoms with Gasteiger partial charge in [-0.1, -0.05) is 0 Å². The molecule has 0 radical (unpaired) electrons. The molecule has 15 heavy (non-hydrogen) atoms. The molecule has 4 nitrogen and oxygen atoms in total. The fraction of sp³-hybridized carbons (Fsp3) is 0.600. The van der Waals surface area contributed by atoms with Crippen molar-refractivity contribution in [3.8, 4) is 0 Å². The summed E-state index contributed by atoms with van der Waals surface area (Å²) in [6.07, 6.45) is 2.18. The highest BCUT2D eigenvalue weighted by Gasteiger charge is 2.20. The third-order valence-electron chi connectivity index (χ3n) is 2.07. The maximum atomic E-state index is 11.4. The van der Waals surface area contributed by atoms with Gasteiger partial charge in [0, 0.05) is 11.1 Å². The minimum Gasteiger partial charge on any atom is -0.466 e. The molecule has 0 aromatic carbocycles. The number of thiazole rings is 1. The molecule has 0 aliphatic heterocycles. The van der Waals surface area contributed by atoms with Crippen LogP contribution in [0.25, 0.3) is 0 Å². The molecule has 1 heterocycles. The van der Waals surface area contributed by atoms with Crippen LogP contribution in [0, 0.1) is 0 Å².